The second kappa shape index (κ2) is 7.65. The van der Waals surface area contributed by atoms with E-state index in [-0.39, 0.29) is 0 Å². The largest absolute Gasteiger partial charge is 0.376 e. The van der Waals surface area contributed by atoms with Gasteiger partial charge in [-0.05, 0) is 19.8 Å². The zero-order valence-corrected chi connectivity index (χ0v) is 12.2. The number of nitrogens with one attached hydrogen (secondary N) is 1. The SMILES string of the molecule is Cc1nc(Cl)cc(NCCOC2CCCCCC2)n1. The number of aromatic nitrogens is 2. The van der Waals surface area contributed by atoms with E-state index >= 15 is 0 Å². The first-order chi connectivity index (χ1) is 9.24. The lowest BCUT2D eigenvalue weighted by Gasteiger charge is -2.15. The minimum Gasteiger partial charge on any atom is -0.376 e. The van der Waals surface area contributed by atoms with Gasteiger partial charge in [-0.15, -0.1) is 0 Å². The van der Waals surface area contributed by atoms with Crippen molar-refractivity contribution in [3.05, 3.63) is 17.0 Å². The Morgan fingerprint density at radius 2 is 2.00 bits per heavy atom. The van der Waals surface area contributed by atoms with Crippen LogP contribution in [0.15, 0.2) is 6.07 Å². The van der Waals surface area contributed by atoms with E-state index in [9.17, 15) is 0 Å². The molecule has 0 saturated heterocycles. The Balaban J connectivity index is 1.68. The fourth-order valence-corrected chi connectivity index (χ4v) is 2.66. The Hall–Kier alpha value is -0.870. The second-order valence-corrected chi connectivity index (χ2v) is 5.42. The van der Waals surface area contributed by atoms with Crippen LogP contribution in [0.4, 0.5) is 5.82 Å². The summed E-state index contributed by atoms with van der Waals surface area (Å²) in [6.07, 6.45) is 8.18. The van der Waals surface area contributed by atoms with Crippen LogP contribution < -0.4 is 5.32 Å². The van der Waals surface area contributed by atoms with Crippen molar-refractivity contribution in [2.75, 3.05) is 18.5 Å². The van der Waals surface area contributed by atoms with E-state index in [0.717, 1.165) is 12.4 Å². The highest BCUT2D eigenvalue weighted by atomic mass is 35.5. The predicted octanol–water partition coefficient (Wildman–Crippen LogP) is 3.59. The van der Waals surface area contributed by atoms with Crippen molar-refractivity contribution >= 4 is 17.4 Å². The summed E-state index contributed by atoms with van der Waals surface area (Å²) in [5, 5.41) is 3.69. The summed E-state index contributed by atoms with van der Waals surface area (Å²) in [7, 11) is 0. The molecule has 4 nitrogen and oxygen atoms in total. The van der Waals surface area contributed by atoms with Crippen LogP contribution in [0.2, 0.25) is 5.15 Å². The number of ether oxygens (including phenoxy) is 1. The van der Waals surface area contributed by atoms with Crippen molar-refractivity contribution in [1.82, 2.24) is 9.97 Å². The maximum absolute atomic E-state index is 5.91. The third-order valence-electron chi connectivity index (χ3n) is 3.37. The van der Waals surface area contributed by atoms with Gasteiger partial charge in [0.2, 0.25) is 0 Å². The fraction of sp³-hybridized carbons (Fsp3) is 0.714. The average Bonchev–Trinajstić information content (AvgIpc) is 2.62. The first kappa shape index (κ1) is 14.5. The molecule has 106 valence electrons. The van der Waals surface area contributed by atoms with Gasteiger partial charge in [-0.1, -0.05) is 37.3 Å². The first-order valence-electron chi connectivity index (χ1n) is 7.11. The molecule has 0 aromatic carbocycles. The molecule has 1 fully saturated rings. The molecule has 1 aliphatic carbocycles. The first-order valence-corrected chi connectivity index (χ1v) is 7.48. The van der Waals surface area contributed by atoms with Gasteiger partial charge in [-0.25, -0.2) is 9.97 Å². The summed E-state index contributed by atoms with van der Waals surface area (Å²) in [6, 6.07) is 1.74. The summed E-state index contributed by atoms with van der Waals surface area (Å²) in [6.45, 7) is 3.30. The van der Waals surface area contributed by atoms with Crippen LogP contribution in [0, 0.1) is 6.92 Å². The second-order valence-electron chi connectivity index (χ2n) is 5.03. The van der Waals surface area contributed by atoms with Gasteiger partial charge in [0.05, 0.1) is 12.7 Å². The smallest absolute Gasteiger partial charge is 0.134 e. The molecule has 0 bridgehead atoms. The van der Waals surface area contributed by atoms with Crippen LogP contribution >= 0.6 is 11.6 Å². The Kier molecular flexibility index (Phi) is 5.86. The molecule has 1 aliphatic rings. The van der Waals surface area contributed by atoms with E-state index in [4.69, 9.17) is 16.3 Å². The molecule has 1 N–H and O–H groups in total. The van der Waals surface area contributed by atoms with Crippen molar-refractivity contribution in [1.29, 1.82) is 0 Å². The van der Waals surface area contributed by atoms with Gasteiger partial charge in [0, 0.05) is 12.6 Å². The summed E-state index contributed by atoms with van der Waals surface area (Å²) < 4.78 is 5.91. The molecule has 2 rings (SSSR count). The molecule has 0 spiro atoms. The summed E-state index contributed by atoms with van der Waals surface area (Å²) in [5.74, 6) is 1.45. The number of aryl methyl sites for hydroxylation is 1. The number of nitrogens with zero attached hydrogens (tertiary/aromatic N) is 2. The maximum Gasteiger partial charge on any atom is 0.134 e. The molecular formula is C14H22ClN3O. The number of anilines is 1. The lowest BCUT2D eigenvalue weighted by molar-refractivity contribution is 0.0501. The molecule has 1 heterocycles. The van der Waals surface area contributed by atoms with Gasteiger partial charge in [0.25, 0.3) is 0 Å². The molecule has 1 saturated carbocycles. The zero-order valence-electron chi connectivity index (χ0n) is 11.5. The summed E-state index contributed by atoms with van der Waals surface area (Å²) >= 11 is 5.88. The highest BCUT2D eigenvalue weighted by Gasteiger charge is 2.11. The van der Waals surface area contributed by atoms with E-state index in [1.54, 1.807) is 6.07 Å². The molecule has 1 aromatic heterocycles. The number of halogens is 1. The summed E-state index contributed by atoms with van der Waals surface area (Å²) in [5.41, 5.74) is 0. The monoisotopic (exact) mass is 283 g/mol. The molecule has 0 aliphatic heterocycles. The fourth-order valence-electron chi connectivity index (χ4n) is 2.44. The highest BCUT2D eigenvalue weighted by Crippen LogP contribution is 2.19. The van der Waals surface area contributed by atoms with Gasteiger partial charge >= 0.3 is 0 Å². The third kappa shape index (κ3) is 5.33. The molecule has 0 unspecified atom stereocenters. The molecular weight excluding hydrogens is 262 g/mol. The van der Waals surface area contributed by atoms with Crippen LogP contribution in [-0.4, -0.2) is 29.2 Å². The van der Waals surface area contributed by atoms with Crippen molar-refractivity contribution in [3.63, 3.8) is 0 Å². The number of hydrogen-bond donors (Lipinski definition) is 1. The molecule has 0 atom stereocenters. The normalized spacial score (nSPS) is 17.2. The Bertz CT molecular complexity index is 372. The van der Waals surface area contributed by atoms with Gasteiger partial charge < -0.3 is 10.1 Å². The lowest BCUT2D eigenvalue weighted by Crippen LogP contribution is -2.18. The summed E-state index contributed by atoms with van der Waals surface area (Å²) in [4.78, 5) is 8.30. The van der Waals surface area contributed by atoms with Gasteiger partial charge in [0.1, 0.15) is 16.8 Å². The van der Waals surface area contributed by atoms with Crippen molar-refractivity contribution in [3.8, 4) is 0 Å². The van der Waals surface area contributed by atoms with E-state index < -0.39 is 0 Å². The van der Waals surface area contributed by atoms with Crippen molar-refractivity contribution in [2.24, 2.45) is 0 Å². The molecule has 5 heteroatoms. The van der Waals surface area contributed by atoms with Crippen LogP contribution in [0.5, 0.6) is 0 Å². The molecule has 0 amide bonds. The Morgan fingerprint density at radius 1 is 1.26 bits per heavy atom. The van der Waals surface area contributed by atoms with Gasteiger partial charge in [0.15, 0.2) is 0 Å². The van der Waals surface area contributed by atoms with Crippen LogP contribution in [0.25, 0.3) is 0 Å². The van der Waals surface area contributed by atoms with Crippen LogP contribution in [0.3, 0.4) is 0 Å². The molecule has 1 aromatic rings. The molecule has 19 heavy (non-hydrogen) atoms. The zero-order chi connectivity index (χ0) is 13.5. The highest BCUT2D eigenvalue weighted by molar-refractivity contribution is 6.29. The molecule has 0 radical (unpaired) electrons. The average molecular weight is 284 g/mol. The van der Waals surface area contributed by atoms with Gasteiger partial charge in [-0.3, -0.25) is 0 Å². The van der Waals surface area contributed by atoms with E-state index in [0.29, 0.717) is 23.7 Å². The topological polar surface area (TPSA) is 47.0 Å². The number of hydrogen-bond acceptors (Lipinski definition) is 4. The quantitative estimate of drug-likeness (QED) is 0.510. The van der Waals surface area contributed by atoms with Crippen LogP contribution in [0.1, 0.15) is 44.3 Å². The minimum atomic E-state index is 0.444. The number of rotatable bonds is 5. The van der Waals surface area contributed by atoms with Gasteiger partial charge in [-0.2, -0.15) is 0 Å². The van der Waals surface area contributed by atoms with Crippen LogP contribution in [-0.2, 0) is 4.74 Å². The maximum atomic E-state index is 5.91. The predicted molar refractivity (Wildman–Crippen MR) is 77.7 cm³/mol. The van der Waals surface area contributed by atoms with E-state index in [1.807, 2.05) is 6.92 Å². The lowest BCUT2D eigenvalue weighted by atomic mass is 10.1. The van der Waals surface area contributed by atoms with Crippen molar-refractivity contribution < 1.29 is 4.74 Å². The van der Waals surface area contributed by atoms with Crippen molar-refractivity contribution in [2.45, 2.75) is 51.6 Å². The minimum absolute atomic E-state index is 0.444. The standard InChI is InChI=1S/C14H22ClN3O/c1-11-17-13(15)10-14(18-11)16-8-9-19-12-6-4-2-3-5-7-12/h10,12H,2-9H2,1H3,(H,16,17,18). The Labute approximate surface area is 119 Å². The van der Waals surface area contributed by atoms with E-state index in [2.05, 4.69) is 15.3 Å². The Morgan fingerprint density at radius 3 is 2.68 bits per heavy atom. The third-order valence-corrected chi connectivity index (χ3v) is 3.56. The van der Waals surface area contributed by atoms with E-state index in [1.165, 1.54) is 38.5 Å².